The van der Waals surface area contributed by atoms with Crippen molar-refractivity contribution in [1.82, 2.24) is 0 Å². The lowest BCUT2D eigenvalue weighted by Crippen LogP contribution is -1.98. The molecule has 1 rings (SSSR count). The van der Waals surface area contributed by atoms with E-state index in [0.717, 1.165) is 5.56 Å². The Morgan fingerprint density at radius 3 is 2.17 bits per heavy atom. The maximum Gasteiger partial charge on any atom is 0.173 e. The second-order valence-electron chi connectivity index (χ2n) is 1.92. The van der Waals surface area contributed by atoms with Gasteiger partial charge >= 0.3 is 0 Å². The summed E-state index contributed by atoms with van der Waals surface area (Å²) >= 11 is 3.10. The Morgan fingerprint density at radius 2 is 1.75 bits per heavy atom. The molecule has 1 aromatic rings. The lowest BCUT2D eigenvalue weighted by Gasteiger charge is -1.92. The van der Waals surface area contributed by atoms with E-state index in [1.807, 2.05) is 30.3 Å². The van der Waals surface area contributed by atoms with Gasteiger partial charge in [-0.25, -0.2) is 0 Å². The van der Waals surface area contributed by atoms with Crippen LogP contribution >= 0.6 is 15.9 Å². The highest BCUT2D eigenvalue weighted by atomic mass is 79.9. The number of hydrogen-bond donors (Lipinski definition) is 0. The Labute approximate surface area is 81.2 Å². The van der Waals surface area contributed by atoms with Gasteiger partial charge in [-0.3, -0.25) is 4.79 Å². The van der Waals surface area contributed by atoms with Crippen LogP contribution in [0.4, 0.5) is 0 Å². The molecule has 0 aromatic heterocycles. The number of carbonyl (C=O) groups is 1. The van der Waals surface area contributed by atoms with E-state index in [4.69, 9.17) is 0 Å². The number of rotatable bonds is 2. The van der Waals surface area contributed by atoms with E-state index >= 15 is 0 Å². The van der Waals surface area contributed by atoms with Crippen LogP contribution < -0.4 is 0 Å². The molecule has 64 valence electrons. The Hall–Kier alpha value is -0.890. The molecule has 0 radical (unpaired) electrons. The molecule has 1 nitrogen and oxygen atoms in total. The van der Waals surface area contributed by atoms with Crippen molar-refractivity contribution in [2.24, 2.45) is 0 Å². The van der Waals surface area contributed by atoms with Crippen molar-refractivity contribution in [1.29, 1.82) is 0 Å². The first-order valence-electron chi connectivity index (χ1n) is 3.49. The fraction of sp³-hybridized carbons (Fsp3) is 0.100. The molecule has 0 aliphatic rings. The van der Waals surface area contributed by atoms with Crippen molar-refractivity contribution in [3.63, 3.8) is 0 Å². The van der Waals surface area contributed by atoms with Crippen LogP contribution in [-0.2, 0) is 0 Å². The fourth-order valence-electron chi connectivity index (χ4n) is 0.701. The highest BCUT2D eigenvalue weighted by Crippen LogP contribution is 2.01. The molecular formula is C10H11BrO. The highest BCUT2D eigenvalue weighted by Gasteiger charge is 1.99. The molecule has 2 heteroatoms. The standard InChI is InChI=1S/C8H7BrO.C2H4/c9-6-8(10)7-4-2-1-3-5-7;1-2/h1-5H,6H2;1-2H2. The summed E-state index contributed by atoms with van der Waals surface area (Å²) in [6.45, 7) is 6.00. The molecular weight excluding hydrogens is 216 g/mol. The number of hydrogen-bond acceptors (Lipinski definition) is 1. The van der Waals surface area contributed by atoms with Gasteiger partial charge in [-0.15, -0.1) is 13.2 Å². The summed E-state index contributed by atoms with van der Waals surface area (Å²) in [4.78, 5) is 11.0. The van der Waals surface area contributed by atoms with Gasteiger partial charge in [0, 0.05) is 5.56 Å². The van der Waals surface area contributed by atoms with Crippen LogP contribution in [0.15, 0.2) is 43.5 Å². The Bertz CT molecular complexity index is 231. The van der Waals surface area contributed by atoms with Gasteiger partial charge < -0.3 is 0 Å². The monoisotopic (exact) mass is 226 g/mol. The molecule has 0 saturated carbocycles. The predicted octanol–water partition coefficient (Wildman–Crippen LogP) is 3.07. The fourth-order valence-corrected chi connectivity index (χ4v) is 1.02. The van der Waals surface area contributed by atoms with Crippen molar-refractivity contribution in [2.75, 3.05) is 5.33 Å². The van der Waals surface area contributed by atoms with E-state index in [-0.39, 0.29) is 5.78 Å². The molecule has 0 amide bonds. The van der Waals surface area contributed by atoms with Crippen molar-refractivity contribution < 1.29 is 4.79 Å². The van der Waals surface area contributed by atoms with Crippen molar-refractivity contribution in [3.05, 3.63) is 49.1 Å². The normalized spacial score (nSPS) is 8.08. The van der Waals surface area contributed by atoms with Crippen molar-refractivity contribution in [2.45, 2.75) is 0 Å². The van der Waals surface area contributed by atoms with E-state index in [9.17, 15) is 4.79 Å². The van der Waals surface area contributed by atoms with Gasteiger partial charge in [0.25, 0.3) is 0 Å². The average Bonchev–Trinajstić information content (AvgIpc) is 2.21. The predicted molar refractivity (Wildman–Crippen MR) is 55.8 cm³/mol. The summed E-state index contributed by atoms with van der Waals surface area (Å²) in [6, 6.07) is 9.23. The molecule has 0 N–H and O–H groups in total. The van der Waals surface area contributed by atoms with Crippen LogP contribution in [0.25, 0.3) is 0 Å². The lowest BCUT2D eigenvalue weighted by molar-refractivity contribution is 0.102. The van der Waals surface area contributed by atoms with Gasteiger partial charge in [0.2, 0.25) is 0 Å². The maximum atomic E-state index is 11.0. The molecule has 0 atom stereocenters. The number of Topliss-reactive ketones (excluding diaryl/α,β-unsaturated/α-hetero) is 1. The van der Waals surface area contributed by atoms with E-state index in [2.05, 4.69) is 29.1 Å². The third-order valence-electron chi connectivity index (χ3n) is 1.22. The smallest absolute Gasteiger partial charge is 0.173 e. The maximum absolute atomic E-state index is 11.0. The summed E-state index contributed by atoms with van der Waals surface area (Å²) in [5, 5.41) is 0.400. The number of ketones is 1. The highest BCUT2D eigenvalue weighted by molar-refractivity contribution is 9.09. The van der Waals surface area contributed by atoms with E-state index in [0.29, 0.717) is 5.33 Å². The molecule has 0 fully saturated rings. The molecule has 0 bridgehead atoms. The van der Waals surface area contributed by atoms with Gasteiger partial charge in [0.15, 0.2) is 5.78 Å². The van der Waals surface area contributed by atoms with Crippen LogP contribution in [0.5, 0.6) is 0 Å². The minimum absolute atomic E-state index is 0.126. The molecule has 12 heavy (non-hydrogen) atoms. The van der Waals surface area contributed by atoms with Crippen LogP contribution in [0.2, 0.25) is 0 Å². The average molecular weight is 227 g/mol. The third-order valence-corrected chi connectivity index (χ3v) is 1.73. The van der Waals surface area contributed by atoms with Crippen LogP contribution in [0, 0.1) is 0 Å². The molecule has 0 spiro atoms. The van der Waals surface area contributed by atoms with Crippen molar-refractivity contribution in [3.8, 4) is 0 Å². The summed E-state index contributed by atoms with van der Waals surface area (Å²) in [7, 11) is 0. The van der Waals surface area contributed by atoms with Crippen LogP contribution in [-0.4, -0.2) is 11.1 Å². The Kier molecular flexibility index (Phi) is 6.29. The number of alkyl halides is 1. The molecule has 0 aliphatic heterocycles. The second-order valence-corrected chi connectivity index (χ2v) is 2.48. The van der Waals surface area contributed by atoms with E-state index in [1.54, 1.807) is 0 Å². The number of benzene rings is 1. The summed E-state index contributed by atoms with van der Waals surface area (Å²) < 4.78 is 0. The van der Waals surface area contributed by atoms with Gasteiger partial charge in [0.05, 0.1) is 5.33 Å². The third kappa shape index (κ3) is 3.49. The quantitative estimate of drug-likeness (QED) is 0.431. The molecule has 0 unspecified atom stereocenters. The first kappa shape index (κ1) is 11.1. The lowest BCUT2D eigenvalue weighted by atomic mass is 10.2. The minimum atomic E-state index is 0.126. The van der Waals surface area contributed by atoms with Gasteiger partial charge in [-0.1, -0.05) is 46.3 Å². The number of halogens is 1. The SMILES string of the molecule is C=C.O=C(CBr)c1ccccc1. The van der Waals surface area contributed by atoms with Gasteiger partial charge in [-0.2, -0.15) is 0 Å². The first-order valence-corrected chi connectivity index (χ1v) is 4.61. The molecule has 0 aliphatic carbocycles. The van der Waals surface area contributed by atoms with E-state index in [1.165, 1.54) is 0 Å². The van der Waals surface area contributed by atoms with E-state index < -0.39 is 0 Å². The molecule has 1 aromatic carbocycles. The minimum Gasteiger partial charge on any atom is -0.293 e. The number of carbonyl (C=O) groups excluding carboxylic acids is 1. The largest absolute Gasteiger partial charge is 0.293 e. The Balaban J connectivity index is 0.000000561. The van der Waals surface area contributed by atoms with Gasteiger partial charge in [-0.05, 0) is 0 Å². The van der Waals surface area contributed by atoms with Gasteiger partial charge in [0.1, 0.15) is 0 Å². The van der Waals surface area contributed by atoms with Crippen molar-refractivity contribution >= 4 is 21.7 Å². The zero-order valence-electron chi connectivity index (χ0n) is 6.79. The Morgan fingerprint density at radius 1 is 1.25 bits per heavy atom. The summed E-state index contributed by atoms with van der Waals surface area (Å²) in [6.07, 6.45) is 0. The van der Waals surface area contributed by atoms with Crippen LogP contribution in [0.1, 0.15) is 10.4 Å². The molecule has 0 saturated heterocycles. The summed E-state index contributed by atoms with van der Waals surface area (Å²) in [5.41, 5.74) is 0.763. The zero-order chi connectivity index (χ0) is 9.40. The summed E-state index contributed by atoms with van der Waals surface area (Å²) in [5.74, 6) is 0.126. The molecule has 0 heterocycles. The topological polar surface area (TPSA) is 17.1 Å². The van der Waals surface area contributed by atoms with Crippen LogP contribution in [0.3, 0.4) is 0 Å². The first-order chi connectivity index (χ1) is 5.84. The second kappa shape index (κ2) is 6.80. The zero-order valence-corrected chi connectivity index (χ0v) is 8.38.